The largest absolute Gasteiger partial charge is 0.497 e. The molecule has 0 radical (unpaired) electrons. The van der Waals surface area contributed by atoms with E-state index in [1.165, 1.54) is 17.7 Å². The molecule has 0 aliphatic carbocycles. The van der Waals surface area contributed by atoms with Crippen LogP contribution < -0.4 is 15.4 Å². The van der Waals surface area contributed by atoms with Gasteiger partial charge in [0.15, 0.2) is 0 Å². The molecule has 3 atom stereocenters. The fourth-order valence-corrected chi connectivity index (χ4v) is 4.94. The summed E-state index contributed by atoms with van der Waals surface area (Å²) in [5.41, 5.74) is 0.749. The number of likely N-dealkylation sites (tertiary alicyclic amines) is 1. The number of carbonyl (C=O) groups excluding carboxylic acids is 1. The smallest absolute Gasteiger partial charge is 0.319 e. The normalized spacial score (nSPS) is 20.6. The number of amides is 2. The van der Waals surface area contributed by atoms with Crippen molar-refractivity contribution in [3.63, 3.8) is 0 Å². The Hall–Kier alpha value is -2.64. The van der Waals surface area contributed by atoms with Gasteiger partial charge in [-0.25, -0.2) is 9.18 Å². The summed E-state index contributed by atoms with van der Waals surface area (Å²) in [6.07, 6.45) is 2.49. The number of carbonyl (C=O) groups is 1. The second kappa shape index (κ2) is 11.7. The minimum atomic E-state index is -1.04. The van der Waals surface area contributed by atoms with Crippen molar-refractivity contribution < 1.29 is 19.0 Å². The van der Waals surface area contributed by atoms with Crippen LogP contribution in [0.2, 0.25) is 0 Å². The van der Waals surface area contributed by atoms with E-state index in [1.54, 1.807) is 25.3 Å². The summed E-state index contributed by atoms with van der Waals surface area (Å²) >= 11 is 0. The number of benzene rings is 2. The van der Waals surface area contributed by atoms with Gasteiger partial charge < -0.3 is 20.5 Å². The molecular weight excluding hydrogens is 433 g/mol. The molecule has 0 spiro atoms. The van der Waals surface area contributed by atoms with Gasteiger partial charge in [0.25, 0.3) is 0 Å². The molecule has 34 heavy (non-hydrogen) atoms. The third-order valence-electron chi connectivity index (χ3n) is 6.55. The number of nitrogens with one attached hydrogen (secondary N) is 2. The van der Waals surface area contributed by atoms with E-state index in [2.05, 4.69) is 36.3 Å². The number of ether oxygens (including phenoxy) is 1. The van der Waals surface area contributed by atoms with Gasteiger partial charge in [0.2, 0.25) is 0 Å². The Balaban J connectivity index is 1.58. The van der Waals surface area contributed by atoms with Crippen LogP contribution in [0.15, 0.2) is 48.5 Å². The monoisotopic (exact) mass is 471 g/mol. The number of halogens is 1. The second-order valence-electron chi connectivity index (χ2n) is 9.95. The highest BCUT2D eigenvalue weighted by atomic mass is 19.1. The standard InChI is InChI=1S/C27H38FN3O3/c1-19(2)16-27(33,17-29-26(32)30-24-6-5-7-25(15-24)34-4)18-31-13-12-22(14-20(31)3)21-8-10-23(28)11-9-21/h5-11,15,19-20,22,33H,12-14,16-18H2,1-4H3,(H2,29,30,32)/t20?,22?,27-/m1/s1. The summed E-state index contributed by atoms with van der Waals surface area (Å²) < 4.78 is 18.5. The summed E-state index contributed by atoms with van der Waals surface area (Å²) in [5, 5.41) is 17.2. The first-order valence-corrected chi connectivity index (χ1v) is 12.1. The molecular formula is C27H38FN3O3. The van der Waals surface area contributed by atoms with E-state index in [0.29, 0.717) is 30.3 Å². The first-order chi connectivity index (χ1) is 16.2. The van der Waals surface area contributed by atoms with Gasteiger partial charge in [-0.05, 0) is 74.4 Å². The topological polar surface area (TPSA) is 73.8 Å². The van der Waals surface area contributed by atoms with Crippen molar-refractivity contribution >= 4 is 11.7 Å². The summed E-state index contributed by atoms with van der Waals surface area (Å²) in [5.74, 6) is 1.11. The van der Waals surface area contributed by atoms with Crippen molar-refractivity contribution in [3.05, 3.63) is 59.9 Å². The Morgan fingerprint density at radius 1 is 1.26 bits per heavy atom. The van der Waals surface area contributed by atoms with Crippen molar-refractivity contribution in [2.75, 3.05) is 32.1 Å². The van der Waals surface area contributed by atoms with E-state index in [4.69, 9.17) is 4.74 Å². The minimum Gasteiger partial charge on any atom is -0.497 e. The Bertz CT molecular complexity index is 937. The van der Waals surface area contributed by atoms with Crippen LogP contribution in [0, 0.1) is 11.7 Å². The van der Waals surface area contributed by atoms with E-state index in [9.17, 15) is 14.3 Å². The summed E-state index contributed by atoms with van der Waals surface area (Å²) in [4.78, 5) is 14.8. The molecule has 1 saturated heterocycles. The predicted molar refractivity (Wildman–Crippen MR) is 134 cm³/mol. The van der Waals surface area contributed by atoms with Gasteiger partial charge in [-0.3, -0.25) is 4.90 Å². The van der Waals surface area contributed by atoms with Gasteiger partial charge in [-0.2, -0.15) is 0 Å². The molecule has 1 heterocycles. The number of anilines is 1. The number of piperidine rings is 1. The number of aliphatic hydroxyl groups is 1. The number of urea groups is 1. The maximum atomic E-state index is 13.3. The molecule has 1 aliphatic heterocycles. The zero-order chi connectivity index (χ0) is 24.7. The molecule has 2 unspecified atom stereocenters. The maximum Gasteiger partial charge on any atom is 0.319 e. The highest BCUT2D eigenvalue weighted by Gasteiger charge is 2.35. The average Bonchev–Trinajstić information content (AvgIpc) is 2.79. The summed E-state index contributed by atoms with van der Waals surface area (Å²) in [6, 6.07) is 13.9. The fraction of sp³-hybridized carbons (Fsp3) is 0.519. The van der Waals surface area contributed by atoms with Crippen molar-refractivity contribution in [2.24, 2.45) is 5.92 Å². The Kier molecular flexibility index (Phi) is 8.91. The van der Waals surface area contributed by atoms with Crippen LogP contribution in [0.1, 0.15) is 51.5 Å². The van der Waals surface area contributed by atoms with Gasteiger partial charge >= 0.3 is 6.03 Å². The molecule has 0 aromatic heterocycles. The molecule has 1 aliphatic rings. The van der Waals surface area contributed by atoms with Crippen molar-refractivity contribution in [1.82, 2.24) is 10.2 Å². The van der Waals surface area contributed by atoms with Gasteiger partial charge in [-0.1, -0.05) is 32.0 Å². The molecule has 2 aromatic carbocycles. The lowest BCUT2D eigenvalue weighted by molar-refractivity contribution is -0.0276. The van der Waals surface area contributed by atoms with E-state index >= 15 is 0 Å². The highest BCUT2D eigenvalue weighted by molar-refractivity contribution is 5.89. The molecule has 0 bridgehead atoms. The third-order valence-corrected chi connectivity index (χ3v) is 6.55. The fourth-order valence-electron chi connectivity index (χ4n) is 4.94. The van der Waals surface area contributed by atoms with E-state index in [1.807, 2.05) is 18.2 Å². The number of hydrogen-bond donors (Lipinski definition) is 3. The van der Waals surface area contributed by atoms with Gasteiger partial charge in [-0.15, -0.1) is 0 Å². The lowest BCUT2D eigenvalue weighted by Crippen LogP contribution is -2.55. The van der Waals surface area contributed by atoms with E-state index < -0.39 is 5.60 Å². The van der Waals surface area contributed by atoms with Crippen molar-refractivity contribution in [2.45, 2.75) is 57.6 Å². The molecule has 186 valence electrons. The van der Waals surface area contributed by atoms with Crippen LogP contribution in [0.25, 0.3) is 0 Å². The lowest BCUT2D eigenvalue weighted by Gasteiger charge is -2.43. The second-order valence-corrected chi connectivity index (χ2v) is 9.95. The average molecular weight is 472 g/mol. The first kappa shape index (κ1) is 26.0. The van der Waals surface area contributed by atoms with Crippen molar-refractivity contribution in [3.8, 4) is 5.75 Å². The van der Waals surface area contributed by atoms with Crippen LogP contribution in [0.4, 0.5) is 14.9 Å². The molecule has 2 aromatic rings. The Labute approximate surface area is 202 Å². The van der Waals surface area contributed by atoms with Crippen LogP contribution in [0.5, 0.6) is 5.75 Å². The highest BCUT2D eigenvalue weighted by Crippen LogP contribution is 2.33. The molecule has 0 saturated carbocycles. The minimum absolute atomic E-state index is 0.158. The third kappa shape index (κ3) is 7.43. The Morgan fingerprint density at radius 2 is 2.00 bits per heavy atom. The van der Waals surface area contributed by atoms with Crippen LogP contribution in [-0.2, 0) is 0 Å². The number of rotatable bonds is 9. The van der Waals surface area contributed by atoms with Gasteiger partial charge in [0.1, 0.15) is 11.6 Å². The number of methoxy groups -OCH3 is 1. The van der Waals surface area contributed by atoms with E-state index in [-0.39, 0.29) is 30.4 Å². The summed E-state index contributed by atoms with van der Waals surface area (Å²) in [6.45, 7) is 7.82. The maximum absolute atomic E-state index is 13.3. The molecule has 3 rings (SSSR count). The first-order valence-electron chi connectivity index (χ1n) is 12.1. The van der Waals surface area contributed by atoms with Crippen LogP contribution >= 0.6 is 0 Å². The predicted octanol–water partition coefficient (Wildman–Crippen LogP) is 5.00. The quantitative estimate of drug-likeness (QED) is 0.481. The number of β-amino-alcohol motifs (C(OH)–C–C–N with tert-alkyl or cyclic N) is 1. The van der Waals surface area contributed by atoms with Crippen LogP contribution in [-0.4, -0.2) is 54.4 Å². The van der Waals surface area contributed by atoms with E-state index in [0.717, 1.165) is 19.4 Å². The molecule has 1 fully saturated rings. The SMILES string of the molecule is COc1cccc(NC(=O)NC[C@](O)(CC(C)C)CN2CCC(c3ccc(F)cc3)CC2C)c1. The lowest BCUT2D eigenvalue weighted by atomic mass is 9.84. The zero-order valence-corrected chi connectivity index (χ0v) is 20.7. The molecule has 2 amide bonds. The molecule has 7 heteroatoms. The number of hydrogen-bond acceptors (Lipinski definition) is 4. The van der Waals surface area contributed by atoms with Gasteiger partial charge in [0, 0.05) is 30.9 Å². The Morgan fingerprint density at radius 3 is 2.65 bits per heavy atom. The molecule has 3 N–H and O–H groups in total. The number of nitrogens with zero attached hydrogens (tertiary/aromatic N) is 1. The van der Waals surface area contributed by atoms with Gasteiger partial charge in [0.05, 0.1) is 12.7 Å². The van der Waals surface area contributed by atoms with Crippen LogP contribution in [0.3, 0.4) is 0 Å². The molecule has 6 nitrogen and oxygen atoms in total. The van der Waals surface area contributed by atoms with Crippen molar-refractivity contribution in [1.29, 1.82) is 0 Å². The zero-order valence-electron chi connectivity index (χ0n) is 20.7. The summed E-state index contributed by atoms with van der Waals surface area (Å²) in [7, 11) is 1.58.